The molecular weight excluding hydrogens is 224 g/mol. The summed E-state index contributed by atoms with van der Waals surface area (Å²) >= 11 is 0. The highest BCUT2D eigenvalue weighted by Crippen LogP contribution is 2.40. The third-order valence-corrected chi connectivity index (χ3v) is 4.58. The third kappa shape index (κ3) is 2.18. The predicted molar refractivity (Wildman–Crippen MR) is 72.0 cm³/mol. The molecule has 1 aromatic carbocycles. The molecule has 3 rings (SSSR count). The number of hydrogen-bond donors (Lipinski definition) is 2. The van der Waals surface area contributed by atoms with Crippen LogP contribution in [0, 0.1) is 12.8 Å². The quantitative estimate of drug-likeness (QED) is 0.630. The van der Waals surface area contributed by atoms with E-state index in [1.165, 1.54) is 30.4 Å². The molecule has 3 heteroatoms. The molecule has 0 spiro atoms. The molecule has 3 N–H and O–H groups in total. The standard InChI is InChI=1S/C15H22N2O/c1-10-4-2-3-5-11(10)8-14(17-16)13-9-12-6-7-15(13)18-12/h2-5,12-15,17H,6-9,16H2,1H3. The zero-order valence-corrected chi connectivity index (χ0v) is 10.9. The Morgan fingerprint density at radius 3 is 2.83 bits per heavy atom. The van der Waals surface area contributed by atoms with Crippen LogP contribution < -0.4 is 11.3 Å². The molecule has 0 amide bonds. The fraction of sp³-hybridized carbons (Fsp3) is 0.600. The van der Waals surface area contributed by atoms with E-state index in [0.29, 0.717) is 24.2 Å². The Hall–Kier alpha value is -0.900. The Morgan fingerprint density at radius 2 is 2.22 bits per heavy atom. The summed E-state index contributed by atoms with van der Waals surface area (Å²) in [5, 5.41) is 0. The average Bonchev–Trinajstić information content (AvgIpc) is 3.00. The van der Waals surface area contributed by atoms with Gasteiger partial charge in [-0.15, -0.1) is 0 Å². The van der Waals surface area contributed by atoms with Gasteiger partial charge in [0.05, 0.1) is 12.2 Å². The second kappa shape index (κ2) is 5.00. The van der Waals surface area contributed by atoms with Crippen molar-refractivity contribution in [2.24, 2.45) is 11.8 Å². The molecule has 18 heavy (non-hydrogen) atoms. The van der Waals surface area contributed by atoms with Crippen molar-refractivity contribution in [3.05, 3.63) is 35.4 Å². The fourth-order valence-electron chi connectivity index (χ4n) is 3.51. The lowest BCUT2D eigenvalue weighted by molar-refractivity contribution is 0.0857. The van der Waals surface area contributed by atoms with Gasteiger partial charge in [0.1, 0.15) is 0 Å². The molecule has 2 fully saturated rings. The number of ether oxygens (including phenoxy) is 1. The Morgan fingerprint density at radius 1 is 1.39 bits per heavy atom. The number of hydrogen-bond acceptors (Lipinski definition) is 3. The van der Waals surface area contributed by atoms with E-state index in [-0.39, 0.29) is 0 Å². The maximum Gasteiger partial charge on any atom is 0.0624 e. The van der Waals surface area contributed by atoms with E-state index in [2.05, 4.69) is 36.6 Å². The van der Waals surface area contributed by atoms with Gasteiger partial charge in [0.25, 0.3) is 0 Å². The minimum absolute atomic E-state index is 0.335. The molecule has 2 saturated heterocycles. The number of benzene rings is 1. The highest BCUT2D eigenvalue weighted by Gasteiger charge is 2.44. The summed E-state index contributed by atoms with van der Waals surface area (Å²) in [4.78, 5) is 0. The molecule has 98 valence electrons. The normalized spacial score (nSPS) is 31.8. The Labute approximate surface area is 109 Å². The Kier molecular flexibility index (Phi) is 3.37. The van der Waals surface area contributed by atoms with Crippen LogP contribution >= 0.6 is 0 Å². The summed E-state index contributed by atoms with van der Waals surface area (Å²) in [6, 6.07) is 8.90. The van der Waals surface area contributed by atoms with E-state index in [1.54, 1.807) is 0 Å². The van der Waals surface area contributed by atoms with Gasteiger partial charge < -0.3 is 4.74 Å². The van der Waals surface area contributed by atoms with E-state index >= 15 is 0 Å². The summed E-state index contributed by atoms with van der Waals surface area (Å²) in [6.45, 7) is 2.17. The van der Waals surface area contributed by atoms with Gasteiger partial charge in [-0.3, -0.25) is 11.3 Å². The largest absolute Gasteiger partial charge is 0.375 e. The minimum Gasteiger partial charge on any atom is -0.375 e. The average molecular weight is 246 g/mol. The monoisotopic (exact) mass is 246 g/mol. The van der Waals surface area contributed by atoms with Gasteiger partial charge in [-0.2, -0.15) is 0 Å². The molecule has 3 nitrogen and oxygen atoms in total. The SMILES string of the molecule is Cc1ccccc1CC(NN)C1CC2CCC1O2. The molecule has 4 atom stereocenters. The lowest BCUT2D eigenvalue weighted by atomic mass is 9.81. The Balaban J connectivity index is 1.72. The van der Waals surface area contributed by atoms with Crippen molar-refractivity contribution in [1.29, 1.82) is 0 Å². The van der Waals surface area contributed by atoms with Crippen molar-refractivity contribution in [3.63, 3.8) is 0 Å². The van der Waals surface area contributed by atoms with E-state index < -0.39 is 0 Å². The number of hydrazine groups is 1. The number of nitrogens with one attached hydrogen (secondary N) is 1. The van der Waals surface area contributed by atoms with Crippen LogP contribution in [-0.2, 0) is 11.2 Å². The Bertz CT molecular complexity index is 421. The molecule has 2 heterocycles. The van der Waals surface area contributed by atoms with E-state index in [9.17, 15) is 0 Å². The van der Waals surface area contributed by atoms with Crippen LogP contribution in [0.3, 0.4) is 0 Å². The smallest absolute Gasteiger partial charge is 0.0624 e. The molecular formula is C15H22N2O. The van der Waals surface area contributed by atoms with Gasteiger partial charge in [0.2, 0.25) is 0 Å². The lowest BCUT2D eigenvalue weighted by Gasteiger charge is -2.28. The van der Waals surface area contributed by atoms with Crippen molar-refractivity contribution in [2.45, 2.75) is 50.9 Å². The summed E-state index contributed by atoms with van der Waals surface area (Å²) in [5.74, 6) is 6.35. The summed E-state index contributed by atoms with van der Waals surface area (Å²) in [6.07, 6.45) is 5.54. The maximum absolute atomic E-state index is 5.94. The molecule has 2 aliphatic rings. The molecule has 4 unspecified atom stereocenters. The van der Waals surface area contributed by atoms with Crippen LogP contribution in [0.4, 0.5) is 0 Å². The van der Waals surface area contributed by atoms with Crippen molar-refractivity contribution >= 4 is 0 Å². The van der Waals surface area contributed by atoms with E-state index in [4.69, 9.17) is 10.6 Å². The van der Waals surface area contributed by atoms with Crippen molar-refractivity contribution in [2.75, 3.05) is 0 Å². The van der Waals surface area contributed by atoms with E-state index in [1.807, 2.05) is 0 Å². The minimum atomic E-state index is 0.335. The van der Waals surface area contributed by atoms with E-state index in [0.717, 1.165) is 6.42 Å². The molecule has 0 aliphatic carbocycles. The number of aryl methyl sites for hydroxylation is 1. The van der Waals surface area contributed by atoms with Crippen LogP contribution in [0.25, 0.3) is 0 Å². The first kappa shape index (κ1) is 12.2. The van der Waals surface area contributed by atoms with Crippen LogP contribution in [0.1, 0.15) is 30.4 Å². The first-order valence-electron chi connectivity index (χ1n) is 6.94. The molecule has 2 bridgehead atoms. The summed E-state index contributed by atoms with van der Waals surface area (Å²) in [7, 11) is 0. The van der Waals surface area contributed by atoms with Gasteiger partial charge in [-0.1, -0.05) is 24.3 Å². The highest BCUT2D eigenvalue weighted by molar-refractivity contribution is 5.26. The second-order valence-electron chi connectivity index (χ2n) is 5.68. The fourth-order valence-corrected chi connectivity index (χ4v) is 3.51. The topological polar surface area (TPSA) is 47.3 Å². The first-order chi connectivity index (χ1) is 8.78. The highest BCUT2D eigenvalue weighted by atomic mass is 16.5. The second-order valence-corrected chi connectivity index (χ2v) is 5.68. The molecule has 0 radical (unpaired) electrons. The number of nitrogens with two attached hydrogens (primary N) is 1. The molecule has 1 aromatic rings. The van der Waals surface area contributed by atoms with Crippen LogP contribution in [0.2, 0.25) is 0 Å². The van der Waals surface area contributed by atoms with Gasteiger partial charge >= 0.3 is 0 Å². The third-order valence-electron chi connectivity index (χ3n) is 4.58. The van der Waals surface area contributed by atoms with Crippen molar-refractivity contribution in [3.8, 4) is 0 Å². The zero-order valence-electron chi connectivity index (χ0n) is 10.9. The maximum atomic E-state index is 5.94. The van der Waals surface area contributed by atoms with Gasteiger partial charge in [0.15, 0.2) is 0 Å². The van der Waals surface area contributed by atoms with Gasteiger partial charge in [-0.05, 0) is 43.7 Å². The van der Waals surface area contributed by atoms with Crippen molar-refractivity contribution in [1.82, 2.24) is 5.43 Å². The van der Waals surface area contributed by atoms with Crippen molar-refractivity contribution < 1.29 is 4.74 Å². The molecule has 0 saturated carbocycles. The molecule has 2 aliphatic heterocycles. The summed E-state index contributed by atoms with van der Waals surface area (Å²) < 4.78 is 5.94. The zero-order chi connectivity index (χ0) is 12.5. The van der Waals surface area contributed by atoms with Gasteiger partial charge in [0, 0.05) is 12.0 Å². The molecule has 0 aromatic heterocycles. The van der Waals surface area contributed by atoms with Gasteiger partial charge in [-0.25, -0.2) is 0 Å². The first-order valence-corrected chi connectivity index (χ1v) is 6.94. The van der Waals surface area contributed by atoms with Crippen LogP contribution in [0.15, 0.2) is 24.3 Å². The summed E-state index contributed by atoms with van der Waals surface area (Å²) in [5.41, 5.74) is 5.77. The van der Waals surface area contributed by atoms with Crippen LogP contribution in [0.5, 0.6) is 0 Å². The number of fused-ring (bicyclic) bond motifs is 2. The van der Waals surface area contributed by atoms with Crippen LogP contribution in [-0.4, -0.2) is 18.2 Å². The number of rotatable bonds is 4. The lowest BCUT2D eigenvalue weighted by Crippen LogP contribution is -2.45. The predicted octanol–water partition coefficient (Wildman–Crippen LogP) is 1.94.